The Morgan fingerprint density at radius 2 is 2.37 bits per heavy atom. The lowest BCUT2D eigenvalue weighted by molar-refractivity contribution is -0.385. The first kappa shape index (κ1) is 17.0. The van der Waals surface area contributed by atoms with Gasteiger partial charge in [0.2, 0.25) is 5.88 Å². The van der Waals surface area contributed by atoms with Gasteiger partial charge in [-0.1, -0.05) is 22.5 Å². The Kier molecular flexibility index (Phi) is 8.10. The van der Waals surface area contributed by atoms with Crippen molar-refractivity contribution < 1.29 is 9.66 Å². The third-order valence-corrected chi connectivity index (χ3v) is 2.27. The number of hydrogen-bond acceptors (Lipinski definition) is 6. The van der Waals surface area contributed by atoms with E-state index in [-0.39, 0.29) is 5.69 Å². The summed E-state index contributed by atoms with van der Waals surface area (Å²) in [5.41, 5.74) is 0.902. The molecule has 0 fully saturated rings. The van der Waals surface area contributed by atoms with Crippen molar-refractivity contribution >= 4 is 33.5 Å². The highest BCUT2D eigenvalue weighted by molar-refractivity contribution is 9.09. The molecule has 0 bridgehead atoms. The fraction of sp³-hybridized carbons (Fsp3) is 0.273. The van der Waals surface area contributed by atoms with Gasteiger partial charge in [0.1, 0.15) is 6.20 Å². The van der Waals surface area contributed by atoms with Crippen LogP contribution in [-0.4, -0.2) is 35.6 Å². The van der Waals surface area contributed by atoms with Gasteiger partial charge in [0.05, 0.1) is 17.6 Å². The standard InChI is InChI=1S/C9H11N3O3.C2H4BrN/c1-6(10-2)8-4-7(12(13)14)5-11-9(8)15-3;3-1-2-4/h4-5,10H,1H2,2-3H3;2,4H,1H2. The van der Waals surface area contributed by atoms with E-state index in [1.807, 2.05) is 0 Å². The fourth-order valence-electron chi connectivity index (χ4n) is 1.05. The summed E-state index contributed by atoms with van der Waals surface area (Å²) in [7, 11) is 3.11. The van der Waals surface area contributed by atoms with E-state index in [4.69, 9.17) is 10.1 Å². The molecule has 19 heavy (non-hydrogen) atoms. The van der Waals surface area contributed by atoms with Crippen LogP contribution < -0.4 is 10.1 Å². The molecule has 0 spiro atoms. The molecule has 0 aliphatic heterocycles. The molecule has 0 radical (unpaired) electrons. The van der Waals surface area contributed by atoms with Gasteiger partial charge in [-0.05, 0) is 0 Å². The van der Waals surface area contributed by atoms with Crippen molar-refractivity contribution in [2.45, 2.75) is 0 Å². The summed E-state index contributed by atoms with van der Waals surface area (Å²) in [5.74, 6) is 0.306. The lowest BCUT2D eigenvalue weighted by atomic mass is 10.2. The van der Waals surface area contributed by atoms with Crippen LogP contribution in [0.3, 0.4) is 0 Å². The number of pyridine rings is 1. The van der Waals surface area contributed by atoms with E-state index in [9.17, 15) is 10.1 Å². The predicted molar refractivity (Wildman–Crippen MR) is 78.1 cm³/mol. The number of hydrogen-bond donors (Lipinski definition) is 2. The number of aromatic nitrogens is 1. The van der Waals surface area contributed by atoms with Gasteiger partial charge in [0.25, 0.3) is 5.69 Å². The Labute approximate surface area is 119 Å². The molecule has 0 saturated carbocycles. The van der Waals surface area contributed by atoms with Crippen molar-refractivity contribution in [3.8, 4) is 5.88 Å². The predicted octanol–water partition coefficient (Wildman–Crippen LogP) is 2.22. The van der Waals surface area contributed by atoms with Crippen LogP contribution in [0.5, 0.6) is 5.88 Å². The number of alkyl halides is 1. The molecule has 104 valence electrons. The Morgan fingerprint density at radius 1 is 1.79 bits per heavy atom. The molecule has 0 amide bonds. The number of methoxy groups -OCH3 is 1. The van der Waals surface area contributed by atoms with Gasteiger partial charge in [-0.25, -0.2) is 4.98 Å². The van der Waals surface area contributed by atoms with Crippen LogP contribution in [0.25, 0.3) is 5.70 Å². The lowest BCUT2D eigenvalue weighted by Crippen LogP contribution is -2.06. The zero-order valence-electron chi connectivity index (χ0n) is 10.6. The Hall–Kier alpha value is -1.96. The molecule has 0 atom stereocenters. The number of halogens is 1. The van der Waals surface area contributed by atoms with Gasteiger partial charge in [-0.15, -0.1) is 0 Å². The lowest BCUT2D eigenvalue weighted by Gasteiger charge is -2.08. The number of nitrogens with zero attached hydrogens (tertiary/aromatic N) is 2. The van der Waals surface area contributed by atoms with Crippen LogP contribution >= 0.6 is 15.9 Å². The minimum absolute atomic E-state index is 0.0952. The molecule has 2 N–H and O–H groups in total. The Balaban J connectivity index is 0.000000711. The molecule has 1 aromatic heterocycles. The monoisotopic (exact) mass is 330 g/mol. The first-order valence-electron chi connectivity index (χ1n) is 5.12. The first-order valence-corrected chi connectivity index (χ1v) is 6.24. The second-order valence-electron chi connectivity index (χ2n) is 3.09. The van der Waals surface area contributed by atoms with Crippen LogP contribution in [0.15, 0.2) is 18.8 Å². The van der Waals surface area contributed by atoms with Crippen LogP contribution in [0, 0.1) is 15.5 Å². The maximum Gasteiger partial charge on any atom is 0.288 e. The number of ether oxygens (including phenoxy) is 1. The van der Waals surface area contributed by atoms with Gasteiger partial charge < -0.3 is 15.5 Å². The fourth-order valence-corrected chi connectivity index (χ4v) is 1.05. The van der Waals surface area contributed by atoms with E-state index in [0.29, 0.717) is 22.5 Å². The van der Waals surface area contributed by atoms with Crippen LogP contribution in [0.2, 0.25) is 0 Å². The van der Waals surface area contributed by atoms with E-state index in [1.165, 1.54) is 19.4 Å². The molecule has 1 rings (SSSR count). The Morgan fingerprint density at radius 3 is 2.74 bits per heavy atom. The van der Waals surface area contributed by atoms with Gasteiger partial charge >= 0.3 is 0 Å². The minimum atomic E-state index is -0.515. The van der Waals surface area contributed by atoms with E-state index in [0.717, 1.165) is 6.20 Å². The van der Waals surface area contributed by atoms with E-state index >= 15 is 0 Å². The summed E-state index contributed by atoms with van der Waals surface area (Å²) in [6.07, 6.45) is 2.44. The molecule has 0 unspecified atom stereocenters. The summed E-state index contributed by atoms with van der Waals surface area (Å²) < 4.78 is 4.97. The topological polar surface area (TPSA) is 101 Å². The first-order chi connectivity index (χ1) is 9.01. The molecular formula is C11H15BrN4O3. The average Bonchev–Trinajstić information content (AvgIpc) is 2.45. The van der Waals surface area contributed by atoms with Crippen molar-refractivity contribution in [1.82, 2.24) is 10.3 Å². The zero-order chi connectivity index (χ0) is 14.8. The van der Waals surface area contributed by atoms with Crippen molar-refractivity contribution in [1.29, 1.82) is 5.41 Å². The summed E-state index contributed by atoms with van der Waals surface area (Å²) in [6.45, 7) is 3.70. The molecule has 1 heterocycles. The summed E-state index contributed by atoms with van der Waals surface area (Å²) >= 11 is 3.01. The molecular weight excluding hydrogens is 316 g/mol. The summed E-state index contributed by atoms with van der Waals surface area (Å²) in [6, 6.07) is 1.37. The maximum atomic E-state index is 10.5. The van der Waals surface area contributed by atoms with E-state index in [1.54, 1.807) is 7.05 Å². The smallest absolute Gasteiger partial charge is 0.288 e. The largest absolute Gasteiger partial charge is 0.481 e. The minimum Gasteiger partial charge on any atom is -0.481 e. The third kappa shape index (κ3) is 5.47. The van der Waals surface area contributed by atoms with E-state index in [2.05, 4.69) is 32.8 Å². The van der Waals surface area contributed by atoms with Gasteiger partial charge in [0, 0.05) is 30.4 Å². The van der Waals surface area contributed by atoms with Crippen molar-refractivity contribution in [2.75, 3.05) is 19.5 Å². The second kappa shape index (κ2) is 9.03. The summed E-state index contributed by atoms with van der Waals surface area (Å²) in [5, 5.41) is 20.3. The van der Waals surface area contributed by atoms with Gasteiger partial charge in [-0.3, -0.25) is 10.1 Å². The van der Waals surface area contributed by atoms with Crippen LogP contribution in [0.1, 0.15) is 5.56 Å². The van der Waals surface area contributed by atoms with Crippen molar-refractivity contribution in [2.24, 2.45) is 0 Å². The third-order valence-electron chi connectivity index (χ3n) is 1.94. The normalized spacial score (nSPS) is 8.79. The molecule has 0 aliphatic rings. The maximum absolute atomic E-state index is 10.5. The van der Waals surface area contributed by atoms with Crippen LogP contribution in [-0.2, 0) is 0 Å². The SMILES string of the molecule is C=C(NC)c1cc([N+](=O)[O-])cnc1OC.N=CCBr. The highest BCUT2D eigenvalue weighted by Crippen LogP contribution is 2.24. The number of rotatable bonds is 5. The highest BCUT2D eigenvalue weighted by atomic mass is 79.9. The molecule has 0 aliphatic carbocycles. The number of nitrogens with one attached hydrogen (secondary N) is 2. The molecule has 0 aromatic carbocycles. The molecule has 0 saturated heterocycles. The van der Waals surface area contributed by atoms with Gasteiger partial charge in [0.15, 0.2) is 0 Å². The molecule has 1 aromatic rings. The quantitative estimate of drug-likeness (QED) is 0.373. The van der Waals surface area contributed by atoms with Crippen molar-refractivity contribution in [3.05, 3.63) is 34.5 Å². The molecule has 7 nitrogen and oxygen atoms in total. The number of nitro groups is 1. The van der Waals surface area contributed by atoms with Crippen molar-refractivity contribution in [3.63, 3.8) is 0 Å². The van der Waals surface area contributed by atoms with Gasteiger partial charge in [-0.2, -0.15) is 0 Å². The Bertz CT molecular complexity index is 465. The average molecular weight is 331 g/mol. The highest BCUT2D eigenvalue weighted by Gasteiger charge is 2.14. The van der Waals surface area contributed by atoms with Crippen LogP contribution in [0.4, 0.5) is 5.69 Å². The second-order valence-corrected chi connectivity index (χ2v) is 3.74. The summed E-state index contributed by atoms with van der Waals surface area (Å²) in [4.78, 5) is 13.8. The molecule has 8 heteroatoms. The van der Waals surface area contributed by atoms with E-state index < -0.39 is 4.92 Å². The zero-order valence-corrected chi connectivity index (χ0v) is 12.2.